The van der Waals surface area contributed by atoms with Crippen molar-refractivity contribution in [3.63, 3.8) is 0 Å². The molecule has 5 nitrogen and oxygen atoms in total. The van der Waals surface area contributed by atoms with Crippen LogP contribution in [0.2, 0.25) is 5.02 Å². The van der Waals surface area contributed by atoms with E-state index in [2.05, 4.69) is 13.8 Å². The summed E-state index contributed by atoms with van der Waals surface area (Å²) in [5, 5.41) is 0.578. The normalized spacial score (nSPS) is 11.1. The zero-order valence-electron chi connectivity index (χ0n) is 17.4. The molecule has 0 aliphatic rings. The van der Waals surface area contributed by atoms with Gasteiger partial charge in [0.15, 0.2) is 0 Å². The largest absolute Gasteiger partial charge is 0.353 e. The Bertz CT molecular complexity index is 796. The predicted octanol–water partition coefficient (Wildman–Crippen LogP) is 4.21. The number of hydrogen-bond acceptors (Lipinski definition) is 2. The zero-order valence-corrected chi connectivity index (χ0v) is 18.1. The van der Waals surface area contributed by atoms with Crippen LogP contribution in [0.4, 0.5) is 0 Å². The highest BCUT2D eigenvalue weighted by Crippen LogP contribution is 2.15. The van der Waals surface area contributed by atoms with Gasteiger partial charge in [-0.05, 0) is 56.2 Å². The molecular weight excluding hydrogens is 374 g/mol. The first-order valence-corrected chi connectivity index (χ1v) is 10.0. The second-order valence-corrected chi connectivity index (χ2v) is 8.25. The van der Waals surface area contributed by atoms with Gasteiger partial charge in [0.25, 0.3) is 5.91 Å². The van der Waals surface area contributed by atoms with Gasteiger partial charge in [-0.3, -0.25) is 9.59 Å². The van der Waals surface area contributed by atoms with Crippen LogP contribution in [0.3, 0.4) is 0 Å². The molecule has 0 radical (unpaired) electrons. The molecule has 0 spiro atoms. The lowest BCUT2D eigenvalue weighted by atomic mass is 10.1. The second-order valence-electron chi connectivity index (χ2n) is 7.81. The van der Waals surface area contributed by atoms with E-state index in [0.717, 1.165) is 5.69 Å². The lowest BCUT2D eigenvalue weighted by molar-refractivity contribution is -0.133. The first-order chi connectivity index (χ1) is 13.2. The van der Waals surface area contributed by atoms with Crippen molar-refractivity contribution in [1.29, 1.82) is 0 Å². The van der Waals surface area contributed by atoms with Crippen molar-refractivity contribution >= 4 is 23.4 Å². The lowest BCUT2D eigenvalue weighted by Crippen LogP contribution is -2.46. The molecule has 0 aliphatic carbocycles. The summed E-state index contributed by atoms with van der Waals surface area (Å²) in [5.74, 6) is 0.123. The van der Waals surface area contributed by atoms with Gasteiger partial charge in [0, 0.05) is 42.1 Å². The third kappa shape index (κ3) is 5.86. The maximum atomic E-state index is 13.1. The average molecular weight is 404 g/mol. The standard InChI is InChI=1S/C22H30ClN3O2/c1-16(2)13-25(14-20-7-6-12-24(20)5)21(27)15-26(17(3)4)22(28)18-8-10-19(23)11-9-18/h6-12,16-17H,13-15H2,1-5H3. The number of carbonyl (C=O) groups excluding carboxylic acids is 2. The van der Waals surface area contributed by atoms with Gasteiger partial charge in [0.1, 0.15) is 6.54 Å². The van der Waals surface area contributed by atoms with Gasteiger partial charge >= 0.3 is 0 Å². The van der Waals surface area contributed by atoms with Crippen molar-refractivity contribution in [2.75, 3.05) is 13.1 Å². The number of benzene rings is 1. The molecule has 2 rings (SSSR count). The summed E-state index contributed by atoms with van der Waals surface area (Å²) in [7, 11) is 1.97. The van der Waals surface area contributed by atoms with E-state index in [-0.39, 0.29) is 24.4 Å². The number of nitrogens with zero attached hydrogens (tertiary/aromatic N) is 3. The molecule has 1 heterocycles. The molecule has 0 saturated heterocycles. The highest BCUT2D eigenvalue weighted by molar-refractivity contribution is 6.30. The fourth-order valence-electron chi connectivity index (χ4n) is 3.04. The summed E-state index contributed by atoms with van der Waals surface area (Å²) in [6.07, 6.45) is 1.97. The maximum Gasteiger partial charge on any atom is 0.254 e. The third-order valence-corrected chi connectivity index (χ3v) is 4.88. The van der Waals surface area contributed by atoms with Crippen molar-refractivity contribution in [1.82, 2.24) is 14.4 Å². The van der Waals surface area contributed by atoms with Gasteiger partial charge in [-0.1, -0.05) is 25.4 Å². The number of carbonyl (C=O) groups is 2. The molecule has 1 aromatic heterocycles. The fourth-order valence-corrected chi connectivity index (χ4v) is 3.17. The summed E-state index contributed by atoms with van der Waals surface area (Å²) in [6.45, 7) is 9.24. The molecule has 0 aliphatic heterocycles. The van der Waals surface area contributed by atoms with Crippen LogP contribution in [0.15, 0.2) is 42.6 Å². The van der Waals surface area contributed by atoms with E-state index >= 15 is 0 Å². The summed E-state index contributed by atoms with van der Waals surface area (Å²) in [6, 6.07) is 10.7. The van der Waals surface area contributed by atoms with Crippen molar-refractivity contribution in [2.45, 2.75) is 40.3 Å². The summed E-state index contributed by atoms with van der Waals surface area (Å²) >= 11 is 5.93. The lowest BCUT2D eigenvalue weighted by Gasteiger charge is -2.31. The van der Waals surface area contributed by atoms with Gasteiger partial charge in [0.05, 0.1) is 6.54 Å². The maximum absolute atomic E-state index is 13.1. The van der Waals surface area contributed by atoms with Gasteiger partial charge in [-0.2, -0.15) is 0 Å². The van der Waals surface area contributed by atoms with Gasteiger partial charge < -0.3 is 14.4 Å². The number of hydrogen-bond donors (Lipinski definition) is 0. The molecule has 152 valence electrons. The number of aryl methyl sites for hydroxylation is 1. The van der Waals surface area contributed by atoms with Crippen LogP contribution in [-0.2, 0) is 18.4 Å². The van der Waals surface area contributed by atoms with Crippen LogP contribution in [0.1, 0.15) is 43.7 Å². The molecule has 0 unspecified atom stereocenters. The topological polar surface area (TPSA) is 45.6 Å². The van der Waals surface area contributed by atoms with Crippen LogP contribution >= 0.6 is 11.6 Å². The van der Waals surface area contributed by atoms with E-state index in [1.807, 2.05) is 48.7 Å². The number of rotatable bonds is 8. The van der Waals surface area contributed by atoms with Gasteiger partial charge in [0.2, 0.25) is 5.91 Å². The fraction of sp³-hybridized carbons (Fsp3) is 0.455. The Hall–Kier alpha value is -2.27. The van der Waals surface area contributed by atoms with E-state index in [1.165, 1.54) is 0 Å². The summed E-state index contributed by atoms with van der Waals surface area (Å²) < 4.78 is 2.01. The van der Waals surface area contributed by atoms with Crippen LogP contribution in [0, 0.1) is 5.92 Å². The minimum absolute atomic E-state index is 0.0501. The molecule has 0 fully saturated rings. The monoisotopic (exact) mass is 403 g/mol. The van der Waals surface area contributed by atoms with E-state index < -0.39 is 0 Å². The average Bonchev–Trinajstić information content (AvgIpc) is 3.03. The Balaban J connectivity index is 2.18. The molecule has 6 heteroatoms. The minimum atomic E-state index is -0.164. The molecule has 28 heavy (non-hydrogen) atoms. The second kappa shape index (κ2) is 9.78. The van der Waals surface area contributed by atoms with E-state index in [9.17, 15) is 9.59 Å². The van der Waals surface area contributed by atoms with Crippen LogP contribution < -0.4 is 0 Å². The number of aromatic nitrogens is 1. The predicted molar refractivity (Wildman–Crippen MR) is 113 cm³/mol. The SMILES string of the molecule is CC(C)CN(Cc1cccn1C)C(=O)CN(C(=O)c1ccc(Cl)cc1)C(C)C. The quantitative estimate of drug-likeness (QED) is 0.662. The summed E-state index contributed by atoms with van der Waals surface area (Å²) in [5.41, 5.74) is 1.60. The molecule has 1 aromatic carbocycles. The number of halogens is 1. The Morgan fingerprint density at radius 2 is 1.71 bits per heavy atom. The number of amides is 2. The van der Waals surface area contributed by atoms with Gasteiger partial charge in [-0.15, -0.1) is 0 Å². The highest BCUT2D eigenvalue weighted by Gasteiger charge is 2.25. The highest BCUT2D eigenvalue weighted by atomic mass is 35.5. The molecule has 0 bridgehead atoms. The molecule has 2 aromatic rings. The Morgan fingerprint density at radius 1 is 1.07 bits per heavy atom. The Labute approximate surface area is 172 Å². The summed E-state index contributed by atoms with van der Waals surface area (Å²) in [4.78, 5) is 29.5. The van der Waals surface area contributed by atoms with Crippen LogP contribution in [-0.4, -0.2) is 45.3 Å². The minimum Gasteiger partial charge on any atom is -0.353 e. The van der Waals surface area contributed by atoms with Crippen molar-refractivity contribution in [3.05, 3.63) is 58.9 Å². The van der Waals surface area contributed by atoms with E-state index in [4.69, 9.17) is 11.6 Å². The van der Waals surface area contributed by atoms with Crippen molar-refractivity contribution in [2.24, 2.45) is 13.0 Å². The van der Waals surface area contributed by atoms with Crippen LogP contribution in [0.25, 0.3) is 0 Å². The van der Waals surface area contributed by atoms with E-state index in [0.29, 0.717) is 29.6 Å². The molecule has 2 amide bonds. The first-order valence-electron chi connectivity index (χ1n) is 9.63. The smallest absolute Gasteiger partial charge is 0.254 e. The molecular formula is C22H30ClN3O2. The van der Waals surface area contributed by atoms with Crippen molar-refractivity contribution < 1.29 is 9.59 Å². The van der Waals surface area contributed by atoms with Gasteiger partial charge in [-0.25, -0.2) is 0 Å². The Kier molecular flexibility index (Phi) is 7.69. The van der Waals surface area contributed by atoms with Crippen LogP contribution in [0.5, 0.6) is 0 Å². The third-order valence-electron chi connectivity index (χ3n) is 4.62. The molecule has 0 saturated carbocycles. The van der Waals surface area contributed by atoms with Crippen molar-refractivity contribution in [3.8, 4) is 0 Å². The first kappa shape index (κ1) is 22.0. The Morgan fingerprint density at radius 3 is 2.21 bits per heavy atom. The van der Waals surface area contributed by atoms with E-state index in [1.54, 1.807) is 29.2 Å². The zero-order chi connectivity index (χ0) is 20.8. The molecule has 0 N–H and O–H groups in total. The molecule has 0 atom stereocenters.